The number of carboxylic acid groups (broad SMARTS) is 2. The van der Waals surface area contributed by atoms with Gasteiger partial charge in [-0.15, -0.1) is 0 Å². The first-order chi connectivity index (χ1) is 22.9. The van der Waals surface area contributed by atoms with Crippen molar-refractivity contribution in [3.05, 3.63) is 54.5 Å². The number of nitrogens with one attached hydrogen (secondary N) is 3. The molecule has 49 heavy (non-hydrogen) atoms. The van der Waals surface area contributed by atoms with Gasteiger partial charge in [0.05, 0.1) is 17.9 Å². The Bertz CT molecular complexity index is 1510. The average Bonchev–Trinajstić information content (AvgIpc) is 3.54. The van der Waals surface area contributed by atoms with Crippen LogP contribution in [0.25, 0.3) is 22.0 Å². The number of imidazole rings is 1. The van der Waals surface area contributed by atoms with E-state index in [1.807, 2.05) is 18.3 Å². The van der Waals surface area contributed by atoms with Gasteiger partial charge in [-0.2, -0.15) is 26.3 Å². The van der Waals surface area contributed by atoms with Gasteiger partial charge >= 0.3 is 24.3 Å². The summed E-state index contributed by atoms with van der Waals surface area (Å²) in [6.45, 7) is 1.91. The van der Waals surface area contributed by atoms with Crippen LogP contribution in [0.15, 0.2) is 48.7 Å². The SMILES string of the molecule is CNC(=O)CCCCC[C@H](NC(=O)C1CCN(C)CC1)c1ncc(-c2ccc3ccccc3c2)[nH]1.O=C(O)C(F)(F)F.O=C(O)C(F)(F)F. The molecule has 3 aromatic rings. The quantitative estimate of drug-likeness (QED) is 0.133. The summed E-state index contributed by atoms with van der Waals surface area (Å²) in [7, 11) is 3.77. The third kappa shape index (κ3) is 14.1. The van der Waals surface area contributed by atoms with Gasteiger partial charge in [-0.25, -0.2) is 14.6 Å². The van der Waals surface area contributed by atoms with Gasteiger partial charge < -0.3 is 30.7 Å². The number of rotatable bonds is 10. The summed E-state index contributed by atoms with van der Waals surface area (Å²) in [4.78, 5) is 52.8. The lowest BCUT2D eigenvalue weighted by Crippen LogP contribution is -2.40. The highest BCUT2D eigenvalue weighted by Gasteiger charge is 2.39. The van der Waals surface area contributed by atoms with Crippen LogP contribution in [0.3, 0.4) is 0 Å². The topological polar surface area (TPSA) is 165 Å². The minimum atomic E-state index is -5.08. The highest BCUT2D eigenvalue weighted by atomic mass is 19.4. The monoisotopic (exact) mass is 703 g/mol. The maximum absolute atomic E-state index is 13.1. The van der Waals surface area contributed by atoms with Gasteiger partial charge in [0.2, 0.25) is 11.8 Å². The average molecular weight is 704 g/mol. The highest BCUT2D eigenvalue weighted by molar-refractivity contribution is 5.86. The Morgan fingerprint density at radius 3 is 2.04 bits per heavy atom. The highest BCUT2D eigenvalue weighted by Crippen LogP contribution is 2.27. The van der Waals surface area contributed by atoms with Gasteiger partial charge in [0, 0.05) is 24.9 Å². The number of unbranched alkanes of at least 4 members (excludes halogenated alkanes) is 2. The third-order valence-corrected chi connectivity index (χ3v) is 7.55. The van der Waals surface area contributed by atoms with Crippen molar-refractivity contribution in [1.82, 2.24) is 25.5 Å². The molecule has 2 heterocycles. The first kappa shape index (κ1) is 40.5. The number of hydrogen-bond acceptors (Lipinski definition) is 6. The van der Waals surface area contributed by atoms with E-state index >= 15 is 0 Å². The predicted octanol–water partition coefficient (Wildman–Crippen LogP) is 5.69. The van der Waals surface area contributed by atoms with E-state index in [9.17, 15) is 35.9 Å². The number of hydrogen-bond donors (Lipinski definition) is 5. The van der Waals surface area contributed by atoms with Crippen LogP contribution in [0.4, 0.5) is 26.3 Å². The maximum Gasteiger partial charge on any atom is 0.490 e. The number of carboxylic acids is 2. The molecular weight excluding hydrogens is 664 g/mol. The number of nitrogens with zero attached hydrogens (tertiary/aromatic N) is 2. The molecule has 0 aliphatic carbocycles. The molecule has 1 atom stereocenters. The fourth-order valence-corrected chi connectivity index (χ4v) is 4.79. The van der Waals surface area contributed by atoms with E-state index < -0.39 is 24.3 Å². The standard InChI is InChI=1S/C28H37N5O2.2C2HF3O2/c1-29-26(34)11-5-3-4-10-24(32-28(35)21-14-16-33(2)17-15-21)27-30-19-25(31-27)23-13-12-20-8-6-7-9-22(20)18-23;2*3-2(4,5)1(6)7/h6-9,12-13,18-19,21,24H,3-5,10-11,14-17H2,1-2H3,(H,29,34)(H,30,31)(H,32,35);2*(H,6,7)/t24-;;/m0../s1. The van der Waals surface area contributed by atoms with Gasteiger partial charge in [-0.3, -0.25) is 9.59 Å². The van der Waals surface area contributed by atoms with Crippen molar-refractivity contribution in [2.45, 2.75) is 63.3 Å². The van der Waals surface area contributed by atoms with Crippen LogP contribution in [-0.4, -0.2) is 88.4 Å². The smallest absolute Gasteiger partial charge is 0.475 e. The van der Waals surface area contributed by atoms with Gasteiger partial charge in [-0.1, -0.05) is 49.2 Å². The molecule has 2 amide bonds. The van der Waals surface area contributed by atoms with Crippen molar-refractivity contribution < 1.29 is 55.7 Å². The fraction of sp³-hybridized carbons (Fsp3) is 0.469. The molecule has 270 valence electrons. The lowest BCUT2D eigenvalue weighted by Gasteiger charge is -2.29. The van der Waals surface area contributed by atoms with Crippen molar-refractivity contribution in [1.29, 1.82) is 0 Å². The molecule has 1 aromatic heterocycles. The number of H-pyrrole nitrogens is 1. The Morgan fingerprint density at radius 1 is 0.918 bits per heavy atom. The Balaban J connectivity index is 0.000000500. The number of carbonyl (C=O) groups excluding carboxylic acids is 2. The molecule has 11 nitrogen and oxygen atoms in total. The summed E-state index contributed by atoms with van der Waals surface area (Å²) in [6, 6.07) is 14.5. The van der Waals surface area contributed by atoms with Crippen LogP contribution >= 0.6 is 0 Å². The van der Waals surface area contributed by atoms with Gasteiger partial charge in [0.15, 0.2) is 0 Å². The second kappa shape index (κ2) is 18.8. The number of carbonyl (C=O) groups is 4. The number of benzene rings is 2. The van der Waals surface area contributed by atoms with Crippen LogP contribution in [-0.2, 0) is 19.2 Å². The van der Waals surface area contributed by atoms with Crippen LogP contribution < -0.4 is 10.6 Å². The zero-order chi connectivity index (χ0) is 36.8. The minimum absolute atomic E-state index is 0.0527. The van der Waals surface area contributed by atoms with E-state index in [4.69, 9.17) is 19.8 Å². The lowest BCUT2D eigenvalue weighted by atomic mass is 9.95. The number of aromatic nitrogens is 2. The van der Waals surface area contributed by atoms with Crippen molar-refractivity contribution in [3.63, 3.8) is 0 Å². The molecule has 5 N–H and O–H groups in total. The van der Waals surface area contributed by atoms with Crippen LogP contribution in [0.5, 0.6) is 0 Å². The molecule has 1 saturated heterocycles. The normalized spacial score (nSPS) is 14.4. The van der Waals surface area contributed by atoms with Crippen molar-refractivity contribution in [3.8, 4) is 11.3 Å². The number of halogens is 6. The number of aliphatic carboxylic acids is 2. The van der Waals surface area contributed by atoms with Gasteiger partial charge in [0.1, 0.15) is 5.82 Å². The molecule has 1 aliphatic rings. The van der Waals surface area contributed by atoms with E-state index in [0.717, 1.165) is 68.7 Å². The van der Waals surface area contributed by atoms with Crippen molar-refractivity contribution >= 4 is 34.5 Å². The van der Waals surface area contributed by atoms with Crippen molar-refractivity contribution in [2.24, 2.45) is 5.92 Å². The van der Waals surface area contributed by atoms with Crippen LogP contribution in [0.2, 0.25) is 0 Å². The number of amides is 2. The Hall–Kier alpha value is -4.67. The van der Waals surface area contributed by atoms with E-state index in [-0.39, 0.29) is 23.8 Å². The number of fused-ring (bicyclic) bond motifs is 1. The second-order valence-electron chi connectivity index (χ2n) is 11.3. The Kier molecular flexibility index (Phi) is 15.5. The molecule has 1 aliphatic heterocycles. The van der Waals surface area contributed by atoms with E-state index in [2.05, 4.69) is 62.9 Å². The number of piperidine rings is 1. The van der Waals surface area contributed by atoms with Gasteiger partial charge in [0.25, 0.3) is 0 Å². The third-order valence-electron chi connectivity index (χ3n) is 7.55. The molecule has 0 unspecified atom stereocenters. The Labute approximate surface area is 278 Å². The first-order valence-electron chi connectivity index (χ1n) is 15.3. The minimum Gasteiger partial charge on any atom is -0.475 e. The molecule has 2 aromatic carbocycles. The summed E-state index contributed by atoms with van der Waals surface area (Å²) in [6.07, 6.45) is -2.50. The number of likely N-dealkylation sites (tertiary alicyclic amines) is 1. The maximum atomic E-state index is 13.1. The molecule has 0 saturated carbocycles. The molecule has 4 rings (SSSR count). The molecule has 0 spiro atoms. The van der Waals surface area contributed by atoms with Crippen molar-refractivity contribution in [2.75, 3.05) is 27.2 Å². The first-order valence-corrected chi connectivity index (χ1v) is 15.3. The molecule has 1 fully saturated rings. The summed E-state index contributed by atoms with van der Waals surface area (Å²) in [5.41, 5.74) is 2.03. The predicted molar refractivity (Wildman–Crippen MR) is 167 cm³/mol. The second-order valence-corrected chi connectivity index (χ2v) is 11.3. The zero-order valence-corrected chi connectivity index (χ0v) is 26.8. The summed E-state index contributed by atoms with van der Waals surface area (Å²) >= 11 is 0. The lowest BCUT2D eigenvalue weighted by molar-refractivity contribution is -0.193. The van der Waals surface area contributed by atoms with E-state index in [1.54, 1.807) is 7.05 Å². The zero-order valence-electron chi connectivity index (χ0n) is 26.8. The van der Waals surface area contributed by atoms with Gasteiger partial charge in [-0.05, 0) is 62.7 Å². The van der Waals surface area contributed by atoms with E-state index in [0.29, 0.717) is 6.42 Å². The molecular formula is C32H39F6N5O6. The number of alkyl halides is 6. The fourth-order valence-electron chi connectivity index (χ4n) is 4.79. The Morgan fingerprint density at radius 2 is 1.49 bits per heavy atom. The molecule has 17 heteroatoms. The summed E-state index contributed by atoms with van der Waals surface area (Å²) < 4.78 is 63.5. The van der Waals surface area contributed by atoms with E-state index in [1.165, 1.54) is 10.8 Å². The van der Waals surface area contributed by atoms with Crippen LogP contribution in [0.1, 0.15) is 56.8 Å². The molecule has 0 bridgehead atoms. The molecule has 0 radical (unpaired) electrons. The largest absolute Gasteiger partial charge is 0.490 e. The number of aromatic amines is 1. The summed E-state index contributed by atoms with van der Waals surface area (Å²) in [5, 5.41) is 22.6. The summed E-state index contributed by atoms with van der Waals surface area (Å²) in [5.74, 6) is -4.47. The van der Waals surface area contributed by atoms with Crippen LogP contribution in [0, 0.1) is 5.92 Å².